The van der Waals surface area contributed by atoms with Gasteiger partial charge in [-0.25, -0.2) is 0 Å². The number of carbonyl (C=O) groups excluding carboxylic acids is 1. The molecule has 2 heterocycles. The van der Waals surface area contributed by atoms with Crippen LogP contribution in [0.3, 0.4) is 0 Å². The van der Waals surface area contributed by atoms with Crippen molar-refractivity contribution in [2.45, 2.75) is 31.9 Å². The summed E-state index contributed by atoms with van der Waals surface area (Å²) in [6, 6.07) is 4.66. The van der Waals surface area contributed by atoms with Gasteiger partial charge in [0.25, 0.3) is 5.91 Å². The Bertz CT molecular complexity index is 817. The van der Waals surface area contributed by atoms with Crippen molar-refractivity contribution in [3.63, 3.8) is 0 Å². The van der Waals surface area contributed by atoms with Gasteiger partial charge < -0.3 is 20.0 Å². The van der Waals surface area contributed by atoms with Gasteiger partial charge in [0.05, 0.1) is 23.2 Å². The minimum atomic E-state index is -0.738. The number of carbonyl (C=O) groups is 1. The third kappa shape index (κ3) is 2.80. The van der Waals surface area contributed by atoms with E-state index in [2.05, 4.69) is 15.3 Å². The Morgan fingerprint density at radius 1 is 1.27 bits per heavy atom. The Labute approximate surface area is 125 Å². The topological polar surface area (TPSA) is 104 Å². The number of benzene rings is 1. The van der Waals surface area contributed by atoms with E-state index >= 15 is 0 Å². The van der Waals surface area contributed by atoms with Crippen LogP contribution in [0, 0.1) is 0 Å². The number of aromatic amines is 2. The first-order valence-electron chi connectivity index (χ1n) is 7.23. The zero-order valence-corrected chi connectivity index (χ0v) is 12.1. The lowest BCUT2D eigenvalue weighted by molar-refractivity contribution is 0.0712. The summed E-state index contributed by atoms with van der Waals surface area (Å²) in [5.41, 5.74) is -0.134. The number of aromatic nitrogens is 2. The molecule has 7 nitrogen and oxygen atoms in total. The third-order valence-corrected chi connectivity index (χ3v) is 3.87. The van der Waals surface area contributed by atoms with Gasteiger partial charge in [-0.3, -0.25) is 14.4 Å². The van der Waals surface area contributed by atoms with E-state index in [1.54, 1.807) is 18.2 Å². The zero-order valence-electron chi connectivity index (χ0n) is 12.1. The Balaban J connectivity index is 1.83. The molecule has 0 unspecified atom stereocenters. The molecular weight excluding hydrogens is 286 g/mol. The van der Waals surface area contributed by atoms with Crippen LogP contribution in [-0.4, -0.2) is 34.6 Å². The Morgan fingerprint density at radius 3 is 2.68 bits per heavy atom. The van der Waals surface area contributed by atoms with Crippen molar-refractivity contribution < 1.29 is 9.53 Å². The van der Waals surface area contributed by atoms with Crippen molar-refractivity contribution >= 4 is 16.9 Å². The summed E-state index contributed by atoms with van der Waals surface area (Å²) >= 11 is 0. The van der Waals surface area contributed by atoms with Gasteiger partial charge in [-0.2, -0.15) is 0 Å². The van der Waals surface area contributed by atoms with Crippen LogP contribution < -0.4 is 16.4 Å². The number of H-pyrrole nitrogens is 2. The molecular formula is C15H17N3O4. The Hall–Kier alpha value is -2.41. The first-order valence-corrected chi connectivity index (χ1v) is 7.23. The maximum absolute atomic E-state index is 12.3. The zero-order chi connectivity index (χ0) is 15.7. The van der Waals surface area contributed by atoms with Gasteiger partial charge in [0.2, 0.25) is 0 Å². The summed E-state index contributed by atoms with van der Waals surface area (Å²) in [7, 11) is 0. The van der Waals surface area contributed by atoms with E-state index in [9.17, 15) is 14.4 Å². The number of ether oxygens (including phenoxy) is 1. The average molecular weight is 303 g/mol. The van der Waals surface area contributed by atoms with Gasteiger partial charge in [-0.05, 0) is 38.0 Å². The molecule has 7 heteroatoms. The number of hydrogen-bond donors (Lipinski definition) is 3. The lowest BCUT2D eigenvalue weighted by atomic mass is 10.1. The molecule has 3 rings (SSSR count). The van der Waals surface area contributed by atoms with Crippen molar-refractivity contribution in [3.05, 3.63) is 44.5 Å². The fourth-order valence-electron chi connectivity index (χ4n) is 2.64. The van der Waals surface area contributed by atoms with Crippen LogP contribution in [0.15, 0.2) is 27.8 Å². The Kier molecular flexibility index (Phi) is 3.81. The van der Waals surface area contributed by atoms with Crippen molar-refractivity contribution in [1.82, 2.24) is 15.3 Å². The van der Waals surface area contributed by atoms with E-state index < -0.39 is 11.1 Å². The molecule has 1 aromatic heterocycles. The lowest BCUT2D eigenvalue weighted by Gasteiger charge is -2.20. The summed E-state index contributed by atoms with van der Waals surface area (Å²) in [4.78, 5) is 39.8. The highest BCUT2D eigenvalue weighted by atomic mass is 16.5. The normalized spacial score (nSPS) is 19.2. The van der Waals surface area contributed by atoms with Gasteiger partial charge in [0, 0.05) is 12.2 Å². The summed E-state index contributed by atoms with van der Waals surface area (Å²) in [6.45, 7) is 2.64. The molecule has 1 aromatic carbocycles. The molecule has 2 atom stereocenters. The number of fused-ring (bicyclic) bond motifs is 1. The van der Waals surface area contributed by atoms with E-state index in [1.807, 2.05) is 6.92 Å². The van der Waals surface area contributed by atoms with Crippen LogP contribution in [0.2, 0.25) is 0 Å². The second-order valence-electron chi connectivity index (χ2n) is 5.48. The van der Waals surface area contributed by atoms with E-state index in [-0.39, 0.29) is 18.1 Å². The number of hydrogen-bond acceptors (Lipinski definition) is 4. The molecule has 0 radical (unpaired) electrons. The summed E-state index contributed by atoms with van der Waals surface area (Å²) in [5, 5.41) is 2.90. The molecule has 0 bridgehead atoms. The molecule has 22 heavy (non-hydrogen) atoms. The molecule has 0 aliphatic carbocycles. The fourth-order valence-corrected chi connectivity index (χ4v) is 2.64. The van der Waals surface area contributed by atoms with Crippen molar-refractivity contribution in [2.75, 3.05) is 6.61 Å². The fraction of sp³-hybridized carbons (Fsp3) is 0.400. The number of nitrogens with one attached hydrogen (secondary N) is 3. The highest BCUT2D eigenvalue weighted by Crippen LogP contribution is 2.16. The van der Waals surface area contributed by atoms with Crippen LogP contribution in [0.25, 0.3) is 11.0 Å². The second kappa shape index (κ2) is 5.76. The molecule has 0 spiro atoms. The van der Waals surface area contributed by atoms with Crippen LogP contribution in [0.1, 0.15) is 30.1 Å². The molecule has 1 amide bonds. The number of amides is 1. The van der Waals surface area contributed by atoms with E-state index in [0.717, 1.165) is 19.4 Å². The predicted octanol–water partition coefficient (Wildman–Crippen LogP) is 0.514. The first-order chi connectivity index (χ1) is 10.5. The van der Waals surface area contributed by atoms with Crippen LogP contribution in [0.4, 0.5) is 0 Å². The van der Waals surface area contributed by atoms with Gasteiger partial charge in [0.15, 0.2) is 0 Å². The molecule has 1 fully saturated rings. The first kappa shape index (κ1) is 14.5. The van der Waals surface area contributed by atoms with E-state index in [4.69, 9.17) is 4.74 Å². The highest BCUT2D eigenvalue weighted by Gasteiger charge is 2.24. The smallest absolute Gasteiger partial charge is 0.314 e. The van der Waals surface area contributed by atoms with Crippen molar-refractivity contribution in [3.8, 4) is 0 Å². The largest absolute Gasteiger partial charge is 0.376 e. The standard InChI is InChI=1S/C15H17N3O4/c1-8(12-3-2-6-22-12)16-13(19)9-4-5-10-11(7-9)18-15(21)14(20)17-10/h4-5,7-8,12H,2-3,6H2,1H3,(H,16,19)(H,17,20)(H,18,21)/t8-,12-/m0/s1. The molecule has 2 aromatic rings. The van der Waals surface area contributed by atoms with E-state index in [1.165, 1.54) is 0 Å². The molecule has 1 saturated heterocycles. The van der Waals surface area contributed by atoms with Crippen molar-refractivity contribution in [1.29, 1.82) is 0 Å². The third-order valence-electron chi connectivity index (χ3n) is 3.87. The van der Waals surface area contributed by atoms with Crippen LogP contribution >= 0.6 is 0 Å². The lowest BCUT2D eigenvalue weighted by Crippen LogP contribution is -2.40. The maximum Gasteiger partial charge on any atom is 0.314 e. The Morgan fingerprint density at radius 2 is 2.00 bits per heavy atom. The molecule has 116 valence electrons. The SMILES string of the molecule is C[C@H](NC(=O)c1ccc2[nH]c(=O)c(=O)[nH]c2c1)[C@@H]1CCCO1. The molecule has 1 aliphatic rings. The minimum Gasteiger partial charge on any atom is -0.376 e. The van der Waals surface area contributed by atoms with E-state index in [0.29, 0.717) is 16.6 Å². The van der Waals surface area contributed by atoms with Gasteiger partial charge in [-0.15, -0.1) is 0 Å². The summed E-state index contributed by atoms with van der Waals surface area (Å²) in [6.07, 6.45) is 1.99. The second-order valence-corrected chi connectivity index (χ2v) is 5.48. The average Bonchev–Trinajstić information content (AvgIpc) is 3.02. The maximum atomic E-state index is 12.3. The van der Waals surface area contributed by atoms with Crippen molar-refractivity contribution in [2.24, 2.45) is 0 Å². The van der Waals surface area contributed by atoms with Crippen LogP contribution in [-0.2, 0) is 4.74 Å². The highest BCUT2D eigenvalue weighted by molar-refractivity contribution is 5.97. The summed E-state index contributed by atoms with van der Waals surface area (Å²) in [5.74, 6) is -0.239. The minimum absolute atomic E-state index is 0.0422. The molecule has 1 aliphatic heterocycles. The quantitative estimate of drug-likeness (QED) is 0.719. The number of rotatable bonds is 3. The van der Waals surface area contributed by atoms with Gasteiger partial charge in [0.1, 0.15) is 0 Å². The monoisotopic (exact) mass is 303 g/mol. The van der Waals surface area contributed by atoms with Gasteiger partial charge >= 0.3 is 11.1 Å². The van der Waals surface area contributed by atoms with Crippen LogP contribution in [0.5, 0.6) is 0 Å². The van der Waals surface area contributed by atoms with Gasteiger partial charge in [-0.1, -0.05) is 0 Å². The molecule has 0 saturated carbocycles. The molecule has 3 N–H and O–H groups in total. The predicted molar refractivity (Wildman–Crippen MR) is 81.1 cm³/mol. The summed E-state index contributed by atoms with van der Waals surface area (Å²) < 4.78 is 5.55.